The Hall–Kier alpha value is -0.660. The molecule has 1 N–H and O–H groups in total. The second-order valence-electron chi connectivity index (χ2n) is 3.55. The van der Waals surface area contributed by atoms with E-state index < -0.39 is 13.8 Å². The Labute approximate surface area is 87.1 Å². The first-order valence-electron chi connectivity index (χ1n) is 4.36. The third-order valence-electron chi connectivity index (χ3n) is 1.37. The van der Waals surface area contributed by atoms with E-state index in [1.54, 1.807) is 12.2 Å². The molecule has 0 radical (unpaired) electrons. The fourth-order valence-electron chi connectivity index (χ4n) is 0.867. The molecule has 0 aliphatic rings. The second kappa shape index (κ2) is 5.94. The Morgan fingerprint density at radius 2 is 2.14 bits per heavy atom. The molecule has 0 aliphatic carbocycles. The molecule has 0 fully saturated rings. The summed E-state index contributed by atoms with van der Waals surface area (Å²) in [5.41, 5.74) is -0.533. The summed E-state index contributed by atoms with van der Waals surface area (Å²) in [6.07, 6.45) is 4.33. The molecule has 0 spiro atoms. The molecule has 3 nitrogen and oxygen atoms in total. The molecule has 0 rings (SSSR count). The molecule has 0 bridgehead atoms. The highest BCUT2D eigenvalue weighted by Crippen LogP contribution is 2.32. The van der Waals surface area contributed by atoms with E-state index in [1.165, 1.54) is 0 Å². The van der Waals surface area contributed by atoms with Crippen molar-refractivity contribution in [2.24, 2.45) is 0 Å². The quantitative estimate of drug-likeness (QED) is 0.320. The summed E-state index contributed by atoms with van der Waals surface area (Å²) >= 11 is 0. The van der Waals surface area contributed by atoms with Crippen molar-refractivity contribution in [2.75, 3.05) is 6.66 Å². The van der Waals surface area contributed by atoms with Gasteiger partial charge in [0.2, 0.25) is 0 Å². The molecule has 0 aromatic carbocycles. The lowest BCUT2D eigenvalue weighted by atomic mass is 10.1. The van der Waals surface area contributed by atoms with E-state index in [4.69, 9.17) is 4.52 Å². The first-order chi connectivity index (χ1) is 6.41. The van der Waals surface area contributed by atoms with Crippen LogP contribution in [0.3, 0.4) is 0 Å². The minimum absolute atomic E-state index is 0.533. The fourth-order valence-corrected chi connectivity index (χ4v) is 2.27. The van der Waals surface area contributed by atoms with Crippen molar-refractivity contribution < 1.29 is 9.32 Å². The predicted molar refractivity (Wildman–Crippen MR) is 61.2 cm³/mol. The van der Waals surface area contributed by atoms with Gasteiger partial charge in [-0.15, -0.1) is 0 Å². The summed E-state index contributed by atoms with van der Waals surface area (Å²) in [5, 5.41) is 3.09. The van der Waals surface area contributed by atoms with Crippen LogP contribution in [0.5, 0.6) is 0 Å². The Morgan fingerprint density at radius 1 is 1.57 bits per heavy atom. The molecular weight excluding hydrogens is 197 g/mol. The van der Waals surface area contributed by atoms with Crippen molar-refractivity contribution in [1.82, 2.24) is 5.09 Å². The van der Waals surface area contributed by atoms with Gasteiger partial charge in [0, 0.05) is 6.66 Å². The van der Waals surface area contributed by atoms with Crippen LogP contribution in [-0.2, 0) is 9.32 Å². The van der Waals surface area contributed by atoms with Crippen molar-refractivity contribution in [3.63, 3.8) is 0 Å². The topological polar surface area (TPSA) is 38.3 Å². The minimum Gasteiger partial charge on any atom is -0.463 e. The maximum Gasteiger partial charge on any atom is 0.158 e. The van der Waals surface area contributed by atoms with Crippen LogP contribution >= 0.6 is 8.30 Å². The van der Waals surface area contributed by atoms with Gasteiger partial charge in [-0.3, -0.25) is 5.09 Å². The number of hydrogen-bond acceptors (Lipinski definition) is 3. The number of carbonyl (C=O) groups is 1. The van der Waals surface area contributed by atoms with Crippen LogP contribution in [-0.4, -0.2) is 18.5 Å². The van der Waals surface area contributed by atoms with E-state index in [0.29, 0.717) is 0 Å². The standard InChI is InChI=1S/C10H18NO2P/c1-6-7-9(2)13-14(5)11-10(3,4)8-12/h6-8,11H,1H2,2-5H3/b9-7+. The van der Waals surface area contributed by atoms with E-state index in [1.807, 2.05) is 27.4 Å². The molecule has 14 heavy (non-hydrogen) atoms. The molecule has 4 heteroatoms. The molecular formula is C10H18NO2P. The first kappa shape index (κ1) is 13.3. The molecule has 0 aromatic heterocycles. The van der Waals surface area contributed by atoms with Gasteiger partial charge in [-0.1, -0.05) is 12.7 Å². The Morgan fingerprint density at radius 3 is 2.57 bits per heavy atom. The third-order valence-corrected chi connectivity index (χ3v) is 2.83. The van der Waals surface area contributed by atoms with E-state index in [0.717, 1.165) is 12.0 Å². The lowest BCUT2D eigenvalue weighted by molar-refractivity contribution is -0.111. The largest absolute Gasteiger partial charge is 0.463 e. The maximum atomic E-state index is 10.6. The molecule has 0 aliphatic heterocycles. The SMILES string of the molecule is C=C/C=C(\C)OP(C)NC(C)(C)C=O. The third kappa shape index (κ3) is 5.90. The highest BCUT2D eigenvalue weighted by Gasteiger charge is 2.19. The summed E-state index contributed by atoms with van der Waals surface area (Å²) in [4.78, 5) is 10.6. The Kier molecular flexibility index (Phi) is 5.66. The van der Waals surface area contributed by atoms with Crippen LogP contribution in [0.4, 0.5) is 0 Å². The van der Waals surface area contributed by atoms with Gasteiger partial charge in [0.15, 0.2) is 8.30 Å². The predicted octanol–water partition coefficient (Wildman–Crippen LogP) is 2.60. The smallest absolute Gasteiger partial charge is 0.158 e. The molecule has 1 atom stereocenters. The fraction of sp³-hybridized carbons (Fsp3) is 0.500. The highest BCUT2D eigenvalue weighted by atomic mass is 31.2. The van der Waals surface area contributed by atoms with E-state index in [9.17, 15) is 4.79 Å². The van der Waals surface area contributed by atoms with E-state index in [-0.39, 0.29) is 0 Å². The van der Waals surface area contributed by atoms with Gasteiger partial charge in [-0.2, -0.15) is 0 Å². The van der Waals surface area contributed by atoms with Crippen LogP contribution in [0.1, 0.15) is 20.8 Å². The van der Waals surface area contributed by atoms with Crippen LogP contribution in [0, 0.1) is 0 Å². The Bertz CT molecular complexity index is 236. The normalized spacial score (nSPS) is 14.7. The van der Waals surface area contributed by atoms with Gasteiger partial charge in [0.05, 0.1) is 11.3 Å². The molecule has 0 saturated heterocycles. The molecule has 0 heterocycles. The van der Waals surface area contributed by atoms with Gasteiger partial charge in [-0.05, 0) is 26.8 Å². The monoisotopic (exact) mass is 215 g/mol. The molecule has 80 valence electrons. The van der Waals surface area contributed by atoms with E-state index >= 15 is 0 Å². The molecule has 1 unspecified atom stereocenters. The number of carbonyl (C=O) groups excluding carboxylic acids is 1. The molecule has 0 saturated carbocycles. The summed E-state index contributed by atoms with van der Waals surface area (Å²) in [7, 11) is -0.823. The average Bonchev–Trinajstić information content (AvgIpc) is 2.03. The number of rotatable bonds is 6. The summed E-state index contributed by atoms with van der Waals surface area (Å²) < 4.78 is 5.51. The minimum atomic E-state index is -0.823. The number of hydrogen-bond donors (Lipinski definition) is 1. The summed E-state index contributed by atoms with van der Waals surface area (Å²) in [6, 6.07) is 0. The number of nitrogens with one attached hydrogen (secondary N) is 1. The van der Waals surface area contributed by atoms with Gasteiger partial charge < -0.3 is 9.32 Å². The maximum absolute atomic E-state index is 10.6. The van der Waals surface area contributed by atoms with Crippen LogP contribution < -0.4 is 5.09 Å². The Balaban J connectivity index is 4.10. The summed E-state index contributed by atoms with van der Waals surface area (Å²) in [5.74, 6) is 0.794. The summed E-state index contributed by atoms with van der Waals surface area (Å²) in [6.45, 7) is 11.0. The van der Waals surface area contributed by atoms with Crippen LogP contribution in [0.2, 0.25) is 0 Å². The number of aldehydes is 1. The lowest BCUT2D eigenvalue weighted by Gasteiger charge is -2.24. The molecule has 0 amide bonds. The van der Waals surface area contributed by atoms with Crippen molar-refractivity contribution >= 4 is 14.6 Å². The van der Waals surface area contributed by atoms with Crippen molar-refractivity contribution in [1.29, 1.82) is 0 Å². The lowest BCUT2D eigenvalue weighted by Crippen LogP contribution is -2.37. The van der Waals surface area contributed by atoms with Gasteiger partial charge >= 0.3 is 0 Å². The molecule has 0 aromatic rings. The van der Waals surface area contributed by atoms with Crippen molar-refractivity contribution in [3.8, 4) is 0 Å². The van der Waals surface area contributed by atoms with Crippen molar-refractivity contribution in [2.45, 2.75) is 26.3 Å². The zero-order valence-corrected chi connectivity index (χ0v) is 10.1. The van der Waals surface area contributed by atoms with Crippen molar-refractivity contribution in [3.05, 3.63) is 24.5 Å². The number of allylic oxidation sites excluding steroid dienone is 3. The van der Waals surface area contributed by atoms with Crippen LogP contribution in [0.15, 0.2) is 24.5 Å². The second-order valence-corrected chi connectivity index (χ2v) is 4.95. The first-order valence-corrected chi connectivity index (χ1v) is 6.07. The zero-order valence-electron chi connectivity index (χ0n) is 9.20. The highest BCUT2D eigenvalue weighted by molar-refractivity contribution is 7.49. The zero-order chi connectivity index (χ0) is 11.2. The average molecular weight is 215 g/mol. The van der Waals surface area contributed by atoms with Gasteiger partial charge in [-0.25, -0.2) is 0 Å². The van der Waals surface area contributed by atoms with Gasteiger partial charge in [0.25, 0.3) is 0 Å². The van der Waals surface area contributed by atoms with Gasteiger partial charge in [0.1, 0.15) is 6.29 Å². The van der Waals surface area contributed by atoms with Crippen LogP contribution in [0.25, 0.3) is 0 Å². The van der Waals surface area contributed by atoms with E-state index in [2.05, 4.69) is 11.7 Å².